The fourth-order valence-electron chi connectivity index (χ4n) is 2.68. The maximum atomic E-state index is 12.4. The second-order valence-corrected chi connectivity index (χ2v) is 5.78. The molecule has 2 N–H and O–H groups in total. The van der Waals surface area contributed by atoms with Gasteiger partial charge < -0.3 is 19.8 Å². The van der Waals surface area contributed by atoms with Gasteiger partial charge in [-0.3, -0.25) is 9.59 Å². The first-order chi connectivity index (χ1) is 11.6. The standard InChI is InChI=1S/C18H20N2O4/c1-12-8-10-24-16(12)18(22)20-15-7-3-2-6-14(15)17(21)19-11-13-5-4-9-23-13/h2-3,6-8,10,13H,4-5,9,11H2,1H3,(H,19,21)(H,20,22). The summed E-state index contributed by atoms with van der Waals surface area (Å²) < 4.78 is 10.7. The Morgan fingerprint density at radius 3 is 2.75 bits per heavy atom. The van der Waals surface area contributed by atoms with Gasteiger partial charge in [-0.1, -0.05) is 12.1 Å². The quantitative estimate of drug-likeness (QED) is 0.884. The summed E-state index contributed by atoms with van der Waals surface area (Å²) in [6.07, 6.45) is 3.51. The number of benzene rings is 1. The summed E-state index contributed by atoms with van der Waals surface area (Å²) in [6, 6.07) is 8.61. The zero-order valence-corrected chi connectivity index (χ0v) is 13.5. The molecule has 6 nitrogen and oxygen atoms in total. The van der Waals surface area contributed by atoms with Crippen molar-refractivity contribution in [3.8, 4) is 0 Å². The second-order valence-electron chi connectivity index (χ2n) is 5.78. The number of amides is 2. The number of nitrogens with one attached hydrogen (secondary N) is 2. The first-order valence-electron chi connectivity index (χ1n) is 7.99. The van der Waals surface area contributed by atoms with Crippen LogP contribution in [-0.4, -0.2) is 31.1 Å². The molecule has 1 saturated heterocycles. The van der Waals surface area contributed by atoms with E-state index < -0.39 is 0 Å². The van der Waals surface area contributed by atoms with Crippen LogP contribution in [0.2, 0.25) is 0 Å². The van der Waals surface area contributed by atoms with Crippen molar-refractivity contribution < 1.29 is 18.7 Å². The average molecular weight is 328 g/mol. The van der Waals surface area contributed by atoms with E-state index in [9.17, 15) is 9.59 Å². The van der Waals surface area contributed by atoms with Crippen LogP contribution in [0.1, 0.15) is 39.3 Å². The summed E-state index contributed by atoms with van der Waals surface area (Å²) in [6.45, 7) is 3.01. The lowest BCUT2D eigenvalue weighted by Gasteiger charge is -2.13. The largest absolute Gasteiger partial charge is 0.459 e. The van der Waals surface area contributed by atoms with Crippen molar-refractivity contribution in [2.45, 2.75) is 25.9 Å². The predicted octanol–water partition coefficient (Wildman–Crippen LogP) is 2.75. The van der Waals surface area contributed by atoms with Gasteiger partial charge in [0.25, 0.3) is 11.8 Å². The van der Waals surface area contributed by atoms with E-state index in [0.717, 1.165) is 25.0 Å². The van der Waals surface area contributed by atoms with E-state index in [0.29, 0.717) is 17.8 Å². The van der Waals surface area contributed by atoms with Crippen LogP contribution in [0.5, 0.6) is 0 Å². The lowest BCUT2D eigenvalue weighted by Crippen LogP contribution is -2.32. The van der Waals surface area contributed by atoms with Gasteiger partial charge in [0.2, 0.25) is 0 Å². The number of hydrogen-bond acceptors (Lipinski definition) is 4. The number of para-hydroxylation sites is 1. The zero-order chi connectivity index (χ0) is 16.9. The maximum absolute atomic E-state index is 12.4. The van der Waals surface area contributed by atoms with Crippen LogP contribution in [0.3, 0.4) is 0 Å². The highest BCUT2D eigenvalue weighted by Crippen LogP contribution is 2.18. The number of carbonyl (C=O) groups excluding carboxylic acids is 2. The molecule has 6 heteroatoms. The molecule has 1 atom stereocenters. The number of furan rings is 1. The predicted molar refractivity (Wildman–Crippen MR) is 89.1 cm³/mol. The molecule has 0 aliphatic carbocycles. The summed E-state index contributed by atoms with van der Waals surface area (Å²) in [4.78, 5) is 24.7. The van der Waals surface area contributed by atoms with Crippen molar-refractivity contribution in [3.05, 3.63) is 53.5 Å². The Hall–Kier alpha value is -2.60. The minimum atomic E-state index is -0.378. The van der Waals surface area contributed by atoms with E-state index in [2.05, 4.69) is 10.6 Å². The average Bonchev–Trinajstić information content (AvgIpc) is 3.24. The molecular formula is C18H20N2O4. The monoisotopic (exact) mass is 328 g/mol. The molecule has 1 aromatic carbocycles. The van der Waals surface area contributed by atoms with Crippen molar-refractivity contribution in [2.24, 2.45) is 0 Å². The molecule has 1 aliphatic heterocycles. The minimum Gasteiger partial charge on any atom is -0.459 e. The van der Waals surface area contributed by atoms with E-state index in [-0.39, 0.29) is 23.7 Å². The van der Waals surface area contributed by atoms with Gasteiger partial charge in [-0.2, -0.15) is 0 Å². The summed E-state index contributed by atoms with van der Waals surface area (Å²) in [7, 11) is 0. The van der Waals surface area contributed by atoms with E-state index in [1.54, 1.807) is 37.3 Å². The molecule has 0 spiro atoms. The molecule has 126 valence electrons. The normalized spacial score (nSPS) is 16.8. The Labute approximate surface area is 140 Å². The number of anilines is 1. The molecule has 0 bridgehead atoms. The minimum absolute atomic E-state index is 0.0708. The van der Waals surface area contributed by atoms with Crippen LogP contribution in [0, 0.1) is 6.92 Å². The first-order valence-corrected chi connectivity index (χ1v) is 7.99. The molecule has 0 radical (unpaired) electrons. The third-order valence-electron chi connectivity index (χ3n) is 4.00. The van der Waals surface area contributed by atoms with Gasteiger partial charge in [-0.25, -0.2) is 0 Å². The number of hydrogen-bond donors (Lipinski definition) is 2. The Kier molecular flexibility index (Phi) is 4.96. The maximum Gasteiger partial charge on any atom is 0.291 e. The first kappa shape index (κ1) is 16.3. The summed E-state index contributed by atoms with van der Waals surface area (Å²) in [5.74, 6) is -0.376. The van der Waals surface area contributed by atoms with Crippen LogP contribution in [0.15, 0.2) is 41.0 Å². The fourth-order valence-corrected chi connectivity index (χ4v) is 2.68. The topological polar surface area (TPSA) is 80.6 Å². The van der Waals surface area contributed by atoms with Gasteiger partial charge in [-0.05, 0) is 38.0 Å². The Bertz CT molecular complexity index is 732. The molecule has 1 aliphatic rings. The molecule has 2 aromatic rings. The zero-order valence-electron chi connectivity index (χ0n) is 13.5. The highest BCUT2D eigenvalue weighted by molar-refractivity contribution is 6.08. The SMILES string of the molecule is Cc1ccoc1C(=O)Nc1ccccc1C(=O)NCC1CCCO1. The van der Waals surface area contributed by atoms with Crippen LogP contribution in [0.25, 0.3) is 0 Å². The molecule has 2 heterocycles. The molecule has 1 unspecified atom stereocenters. The lowest BCUT2D eigenvalue weighted by molar-refractivity contribution is 0.0858. The summed E-state index contributed by atoms with van der Waals surface area (Å²) in [5.41, 5.74) is 1.60. The van der Waals surface area contributed by atoms with Gasteiger partial charge in [0, 0.05) is 18.7 Å². The van der Waals surface area contributed by atoms with E-state index in [1.165, 1.54) is 6.26 Å². The van der Waals surface area contributed by atoms with Crippen molar-refractivity contribution in [2.75, 3.05) is 18.5 Å². The van der Waals surface area contributed by atoms with Gasteiger partial charge in [-0.15, -0.1) is 0 Å². The molecule has 1 aromatic heterocycles. The van der Waals surface area contributed by atoms with Crippen molar-refractivity contribution in [1.82, 2.24) is 5.32 Å². The number of carbonyl (C=O) groups is 2. The third-order valence-corrected chi connectivity index (χ3v) is 4.00. The van der Waals surface area contributed by atoms with Crippen LogP contribution >= 0.6 is 0 Å². The molecular weight excluding hydrogens is 308 g/mol. The third kappa shape index (κ3) is 3.65. The van der Waals surface area contributed by atoms with Crippen LogP contribution < -0.4 is 10.6 Å². The summed E-state index contributed by atoms with van der Waals surface area (Å²) >= 11 is 0. The highest BCUT2D eigenvalue weighted by atomic mass is 16.5. The van der Waals surface area contributed by atoms with Gasteiger partial charge in [0.1, 0.15) is 0 Å². The number of rotatable bonds is 5. The van der Waals surface area contributed by atoms with Gasteiger partial charge in [0.05, 0.1) is 23.6 Å². The smallest absolute Gasteiger partial charge is 0.291 e. The molecule has 24 heavy (non-hydrogen) atoms. The molecule has 1 fully saturated rings. The lowest BCUT2D eigenvalue weighted by atomic mass is 10.1. The van der Waals surface area contributed by atoms with Crippen molar-refractivity contribution in [1.29, 1.82) is 0 Å². The number of ether oxygens (including phenoxy) is 1. The van der Waals surface area contributed by atoms with Gasteiger partial charge >= 0.3 is 0 Å². The highest BCUT2D eigenvalue weighted by Gasteiger charge is 2.19. The van der Waals surface area contributed by atoms with Crippen molar-refractivity contribution in [3.63, 3.8) is 0 Å². The second kappa shape index (κ2) is 7.31. The molecule has 2 amide bonds. The Morgan fingerprint density at radius 2 is 2.04 bits per heavy atom. The summed E-state index contributed by atoms with van der Waals surface area (Å²) in [5, 5.41) is 5.60. The van der Waals surface area contributed by atoms with Crippen molar-refractivity contribution >= 4 is 17.5 Å². The fraction of sp³-hybridized carbons (Fsp3) is 0.333. The van der Waals surface area contributed by atoms with E-state index in [4.69, 9.17) is 9.15 Å². The van der Waals surface area contributed by atoms with Gasteiger partial charge in [0.15, 0.2) is 5.76 Å². The number of aryl methyl sites for hydroxylation is 1. The molecule has 0 saturated carbocycles. The molecule has 3 rings (SSSR count). The van der Waals surface area contributed by atoms with E-state index >= 15 is 0 Å². The van der Waals surface area contributed by atoms with Crippen LogP contribution in [0.4, 0.5) is 5.69 Å². The Morgan fingerprint density at radius 1 is 1.21 bits per heavy atom. The van der Waals surface area contributed by atoms with E-state index in [1.807, 2.05) is 0 Å². The Balaban J connectivity index is 1.69. The van der Waals surface area contributed by atoms with Crippen LogP contribution in [-0.2, 0) is 4.74 Å².